The number of hydrogen-bond acceptors (Lipinski definition) is 2. The van der Waals surface area contributed by atoms with Crippen molar-refractivity contribution in [2.45, 2.75) is 13.2 Å². The van der Waals surface area contributed by atoms with E-state index < -0.39 is 0 Å². The third-order valence-corrected chi connectivity index (χ3v) is 4.42. The Morgan fingerprint density at radius 3 is 2.64 bits per heavy atom. The normalized spacial score (nSPS) is 11.1. The topological polar surface area (TPSA) is 27.1 Å². The minimum atomic E-state index is 0.406. The van der Waals surface area contributed by atoms with Crippen LogP contribution in [0.15, 0.2) is 77.8 Å². The van der Waals surface area contributed by atoms with Crippen LogP contribution < -0.4 is 4.74 Å². The first-order valence-corrected chi connectivity index (χ1v) is 8.89. The Bertz CT molecular complexity index is 1060. The standard InChI is InChI=1S/C21H17BrN2O/c1-15(22)13-24-19-11-5-4-10-18(19)23-21(24)14-25-20-12-6-8-16-7-2-3-9-17(16)20/h2-12H,1,13-14H2. The summed E-state index contributed by atoms with van der Waals surface area (Å²) in [4.78, 5) is 4.74. The third kappa shape index (κ3) is 3.17. The molecule has 1 aromatic heterocycles. The molecule has 0 aliphatic carbocycles. The van der Waals surface area contributed by atoms with Gasteiger partial charge < -0.3 is 9.30 Å². The van der Waals surface area contributed by atoms with Gasteiger partial charge in [-0.2, -0.15) is 0 Å². The van der Waals surface area contributed by atoms with E-state index in [1.54, 1.807) is 0 Å². The van der Waals surface area contributed by atoms with E-state index >= 15 is 0 Å². The fraction of sp³-hybridized carbons (Fsp3) is 0.0952. The summed E-state index contributed by atoms with van der Waals surface area (Å²) >= 11 is 3.46. The lowest BCUT2D eigenvalue weighted by Gasteiger charge is -2.11. The first-order chi connectivity index (χ1) is 12.2. The van der Waals surface area contributed by atoms with E-state index in [-0.39, 0.29) is 0 Å². The van der Waals surface area contributed by atoms with Crippen LogP contribution in [0, 0.1) is 0 Å². The van der Waals surface area contributed by atoms with Gasteiger partial charge in [0.05, 0.1) is 17.6 Å². The molecule has 0 saturated heterocycles. The highest BCUT2D eigenvalue weighted by molar-refractivity contribution is 9.11. The maximum Gasteiger partial charge on any atom is 0.148 e. The van der Waals surface area contributed by atoms with Gasteiger partial charge in [-0.15, -0.1) is 0 Å². The smallest absolute Gasteiger partial charge is 0.148 e. The summed E-state index contributed by atoms with van der Waals surface area (Å²) in [5.74, 6) is 1.75. The monoisotopic (exact) mass is 392 g/mol. The van der Waals surface area contributed by atoms with E-state index in [1.165, 1.54) is 5.39 Å². The van der Waals surface area contributed by atoms with Gasteiger partial charge >= 0.3 is 0 Å². The predicted molar refractivity (Wildman–Crippen MR) is 106 cm³/mol. The van der Waals surface area contributed by atoms with Gasteiger partial charge in [0, 0.05) is 9.87 Å². The molecule has 0 saturated carbocycles. The van der Waals surface area contributed by atoms with Crippen molar-refractivity contribution in [3.8, 4) is 5.75 Å². The second-order valence-electron chi connectivity index (χ2n) is 5.89. The van der Waals surface area contributed by atoms with Crippen LogP contribution in [0.25, 0.3) is 21.8 Å². The van der Waals surface area contributed by atoms with Gasteiger partial charge in [0.25, 0.3) is 0 Å². The molecule has 0 aliphatic heterocycles. The quantitative estimate of drug-likeness (QED) is 0.436. The molecule has 4 rings (SSSR count). The number of benzene rings is 3. The van der Waals surface area contributed by atoms with Crippen LogP contribution in [0.5, 0.6) is 5.75 Å². The summed E-state index contributed by atoms with van der Waals surface area (Å²) in [5, 5.41) is 2.28. The minimum absolute atomic E-state index is 0.406. The number of para-hydroxylation sites is 2. The van der Waals surface area contributed by atoms with Gasteiger partial charge in [-0.25, -0.2) is 4.98 Å². The molecular weight excluding hydrogens is 376 g/mol. The molecule has 0 radical (unpaired) electrons. The molecule has 1 heterocycles. The molecule has 0 atom stereocenters. The van der Waals surface area contributed by atoms with E-state index in [0.717, 1.165) is 32.5 Å². The number of halogens is 1. The van der Waals surface area contributed by atoms with E-state index in [1.807, 2.05) is 42.5 Å². The van der Waals surface area contributed by atoms with Crippen LogP contribution >= 0.6 is 15.9 Å². The van der Waals surface area contributed by atoms with Gasteiger partial charge in [0.1, 0.15) is 18.2 Å². The summed E-state index contributed by atoms with van der Waals surface area (Å²) in [6.07, 6.45) is 0. The third-order valence-electron chi connectivity index (χ3n) is 4.17. The van der Waals surface area contributed by atoms with Crippen molar-refractivity contribution >= 4 is 37.7 Å². The molecule has 0 N–H and O–H groups in total. The molecule has 0 unspecified atom stereocenters. The summed E-state index contributed by atoms with van der Waals surface area (Å²) < 4.78 is 9.17. The number of allylic oxidation sites excluding steroid dienone is 1. The van der Waals surface area contributed by atoms with Crippen LogP contribution in [0.2, 0.25) is 0 Å². The molecule has 124 valence electrons. The number of aromatic nitrogens is 2. The molecule has 4 aromatic rings. The largest absolute Gasteiger partial charge is 0.485 e. The van der Waals surface area contributed by atoms with Crippen LogP contribution in [-0.2, 0) is 13.2 Å². The molecule has 25 heavy (non-hydrogen) atoms. The molecule has 4 heteroatoms. The maximum atomic E-state index is 6.13. The maximum absolute atomic E-state index is 6.13. The minimum Gasteiger partial charge on any atom is -0.485 e. The Balaban J connectivity index is 1.69. The predicted octanol–water partition coefficient (Wildman–Crippen LogP) is 5.68. The van der Waals surface area contributed by atoms with Gasteiger partial charge in [-0.3, -0.25) is 0 Å². The van der Waals surface area contributed by atoms with Crippen LogP contribution in [0.4, 0.5) is 0 Å². The molecule has 0 bridgehead atoms. The lowest BCUT2D eigenvalue weighted by atomic mass is 10.1. The molecule has 3 aromatic carbocycles. The van der Waals surface area contributed by atoms with E-state index in [9.17, 15) is 0 Å². The van der Waals surface area contributed by atoms with Crippen molar-refractivity contribution in [2.24, 2.45) is 0 Å². The van der Waals surface area contributed by atoms with Crippen molar-refractivity contribution in [1.29, 1.82) is 0 Å². The van der Waals surface area contributed by atoms with Gasteiger partial charge in [-0.1, -0.05) is 71.0 Å². The fourth-order valence-electron chi connectivity index (χ4n) is 3.05. The first-order valence-electron chi connectivity index (χ1n) is 8.10. The Morgan fingerprint density at radius 1 is 1.00 bits per heavy atom. The zero-order chi connectivity index (χ0) is 17.2. The van der Waals surface area contributed by atoms with E-state index in [4.69, 9.17) is 9.72 Å². The molecule has 0 spiro atoms. The Hall–Kier alpha value is -2.59. The lowest BCUT2D eigenvalue weighted by molar-refractivity contribution is 0.295. The number of rotatable bonds is 5. The van der Waals surface area contributed by atoms with Crippen LogP contribution in [0.1, 0.15) is 5.82 Å². The van der Waals surface area contributed by atoms with Crippen LogP contribution in [-0.4, -0.2) is 9.55 Å². The molecule has 0 aliphatic rings. The number of fused-ring (bicyclic) bond motifs is 2. The second kappa shape index (κ2) is 6.73. The highest BCUT2D eigenvalue weighted by atomic mass is 79.9. The Labute approximate surface area is 154 Å². The molecule has 3 nitrogen and oxygen atoms in total. The highest BCUT2D eigenvalue weighted by Crippen LogP contribution is 2.26. The lowest BCUT2D eigenvalue weighted by Crippen LogP contribution is -2.07. The van der Waals surface area contributed by atoms with Crippen LogP contribution in [0.3, 0.4) is 0 Å². The molecular formula is C21H17BrN2O. The van der Waals surface area contributed by atoms with Crippen molar-refractivity contribution in [3.05, 3.63) is 83.6 Å². The SMILES string of the molecule is C=C(Br)Cn1c(COc2cccc3ccccc23)nc2ccccc21. The first kappa shape index (κ1) is 15.9. The Morgan fingerprint density at radius 2 is 1.76 bits per heavy atom. The summed E-state index contributed by atoms with van der Waals surface area (Å²) in [6, 6.07) is 22.4. The van der Waals surface area contributed by atoms with Gasteiger partial charge in [0.2, 0.25) is 0 Å². The average molecular weight is 393 g/mol. The molecule has 0 amide bonds. The highest BCUT2D eigenvalue weighted by Gasteiger charge is 2.12. The summed E-state index contributed by atoms with van der Waals surface area (Å²) in [6.45, 7) is 5.03. The number of nitrogens with zero attached hydrogens (tertiary/aromatic N) is 2. The number of ether oxygens (including phenoxy) is 1. The average Bonchev–Trinajstić information content (AvgIpc) is 2.97. The van der Waals surface area contributed by atoms with E-state index in [0.29, 0.717) is 13.2 Å². The summed E-state index contributed by atoms with van der Waals surface area (Å²) in [5.41, 5.74) is 2.05. The number of hydrogen-bond donors (Lipinski definition) is 0. The van der Waals surface area contributed by atoms with Crippen molar-refractivity contribution in [3.63, 3.8) is 0 Å². The number of imidazole rings is 1. The van der Waals surface area contributed by atoms with Crippen molar-refractivity contribution in [1.82, 2.24) is 9.55 Å². The fourth-order valence-corrected chi connectivity index (χ4v) is 3.30. The Kier molecular flexibility index (Phi) is 4.28. The molecule has 0 fully saturated rings. The zero-order valence-electron chi connectivity index (χ0n) is 13.7. The second-order valence-corrected chi connectivity index (χ2v) is 7.01. The van der Waals surface area contributed by atoms with Crippen molar-refractivity contribution in [2.75, 3.05) is 0 Å². The zero-order valence-corrected chi connectivity index (χ0v) is 15.2. The van der Waals surface area contributed by atoms with E-state index in [2.05, 4.69) is 51.3 Å². The van der Waals surface area contributed by atoms with Crippen molar-refractivity contribution < 1.29 is 4.74 Å². The van der Waals surface area contributed by atoms with Gasteiger partial charge in [-0.05, 0) is 23.6 Å². The summed E-state index contributed by atoms with van der Waals surface area (Å²) in [7, 11) is 0. The van der Waals surface area contributed by atoms with Gasteiger partial charge in [0.15, 0.2) is 0 Å².